The zero-order chi connectivity index (χ0) is 16.7. The predicted molar refractivity (Wildman–Crippen MR) is 87.1 cm³/mol. The molecular formula is C18H25NO4. The van der Waals surface area contributed by atoms with Crippen LogP contribution in [0.15, 0.2) is 24.3 Å². The van der Waals surface area contributed by atoms with E-state index in [0.29, 0.717) is 12.8 Å². The Kier molecular flexibility index (Phi) is 6.59. The highest BCUT2D eigenvalue weighted by molar-refractivity contribution is 5.77. The number of aryl methyl sites for hydroxylation is 1. The van der Waals surface area contributed by atoms with Gasteiger partial charge in [-0.1, -0.05) is 24.3 Å². The second kappa shape index (κ2) is 8.67. The van der Waals surface area contributed by atoms with Crippen LogP contribution in [0.4, 0.5) is 0 Å². The fraction of sp³-hybridized carbons (Fsp3) is 0.556. The SMILES string of the molecule is Cc1ccccc1[C@@H](CC(=O)O)NC(=O)CC[C@H]1CCCCO1. The van der Waals surface area contributed by atoms with Gasteiger partial charge in [-0.25, -0.2) is 0 Å². The molecule has 5 heteroatoms. The maximum atomic E-state index is 12.2. The van der Waals surface area contributed by atoms with E-state index in [1.165, 1.54) is 0 Å². The van der Waals surface area contributed by atoms with Gasteiger partial charge in [-0.3, -0.25) is 9.59 Å². The monoisotopic (exact) mass is 319 g/mol. The van der Waals surface area contributed by atoms with Crippen LogP contribution < -0.4 is 5.32 Å². The first-order valence-corrected chi connectivity index (χ1v) is 8.24. The Morgan fingerprint density at radius 3 is 2.78 bits per heavy atom. The van der Waals surface area contributed by atoms with E-state index in [9.17, 15) is 9.59 Å². The highest BCUT2D eigenvalue weighted by atomic mass is 16.5. The van der Waals surface area contributed by atoms with Crippen LogP contribution in [-0.2, 0) is 14.3 Å². The van der Waals surface area contributed by atoms with Gasteiger partial charge < -0.3 is 15.2 Å². The number of carboxylic acid groups (broad SMARTS) is 1. The summed E-state index contributed by atoms with van der Waals surface area (Å²) < 4.78 is 5.63. The van der Waals surface area contributed by atoms with Crippen LogP contribution >= 0.6 is 0 Å². The van der Waals surface area contributed by atoms with Crippen molar-refractivity contribution in [1.82, 2.24) is 5.32 Å². The first-order chi connectivity index (χ1) is 11.1. The lowest BCUT2D eigenvalue weighted by atomic mass is 9.98. The van der Waals surface area contributed by atoms with E-state index in [4.69, 9.17) is 9.84 Å². The lowest BCUT2D eigenvalue weighted by Gasteiger charge is -2.23. The topological polar surface area (TPSA) is 75.6 Å². The molecule has 1 aromatic rings. The number of rotatable bonds is 7. The maximum absolute atomic E-state index is 12.2. The summed E-state index contributed by atoms with van der Waals surface area (Å²) in [6.07, 6.45) is 4.35. The van der Waals surface area contributed by atoms with Gasteiger partial charge in [0.1, 0.15) is 0 Å². The number of aliphatic carboxylic acids is 1. The van der Waals surface area contributed by atoms with Crippen LogP contribution in [0.5, 0.6) is 0 Å². The molecule has 2 rings (SSSR count). The number of hydrogen-bond donors (Lipinski definition) is 2. The average Bonchev–Trinajstić information content (AvgIpc) is 2.53. The summed E-state index contributed by atoms with van der Waals surface area (Å²) in [5.74, 6) is -1.04. The second-order valence-corrected chi connectivity index (χ2v) is 6.10. The van der Waals surface area contributed by atoms with Crippen molar-refractivity contribution in [2.45, 2.75) is 57.6 Å². The van der Waals surface area contributed by atoms with Gasteiger partial charge in [0.25, 0.3) is 0 Å². The summed E-state index contributed by atoms with van der Waals surface area (Å²) in [6, 6.07) is 7.06. The number of amides is 1. The van der Waals surface area contributed by atoms with Crippen molar-refractivity contribution in [2.24, 2.45) is 0 Å². The number of carbonyl (C=O) groups is 2. The van der Waals surface area contributed by atoms with E-state index in [-0.39, 0.29) is 18.4 Å². The predicted octanol–water partition coefficient (Wildman–Crippen LogP) is 2.98. The third-order valence-electron chi connectivity index (χ3n) is 4.25. The molecule has 1 saturated heterocycles. The molecule has 23 heavy (non-hydrogen) atoms. The van der Waals surface area contributed by atoms with E-state index in [1.807, 2.05) is 31.2 Å². The van der Waals surface area contributed by atoms with Crippen LogP contribution in [0.1, 0.15) is 55.7 Å². The molecule has 1 aliphatic heterocycles. The number of hydrogen-bond acceptors (Lipinski definition) is 3. The van der Waals surface area contributed by atoms with Gasteiger partial charge in [0.2, 0.25) is 5.91 Å². The molecule has 0 spiro atoms. The average molecular weight is 319 g/mol. The minimum Gasteiger partial charge on any atom is -0.481 e. The van der Waals surface area contributed by atoms with Gasteiger partial charge in [-0.15, -0.1) is 0 Å². The van der Waals surface area contributed by atoms with Gasteiger partial charge in [0.05, 0.1) is 18.6 Å². The molecule has 0 unspecified atom stereocenters. The Bertz CT molecular complexity index is 538. The largest absolute Gasteiger partial charge is 0.481 e. The third kappa shape index (κ3) is 5.67. The molecule has 0 bridgehead atoms. The lowest BCUT2D eigenvalue weighted by Crippen LogP contribution is -2.31. The van der Waals surface area contributed by atoms with Crippen LogP contribution in [0.3, 0.4) is 0 Å². The van der Waals surface area contributed by atoms with Gasteiger partial charge in [0, 0.05) is 13.0 Å². The molecule has 1 amide bonds. The number of carboxylic acids is 1. The van der Waals surface area contributed by atoms with E-state index in [1.54, 1.807) is 0 Å². The van der Waals surface area contributed by atoms with Crippen LogP contribution in [0, 0.1) is 6.92 Å². The maximum Gasteiger partial charge on any atom is 0.305 e. The molecule has 0 aromatic heterocycles. The number of nitrogens with one attached hydrogen (secondary N) is 1. The molecule has 0 saturated carbocycles. The Labute approximate surface area is 137 Å². The minimum atomic E-state index is -0.922. The zero-order valence-electron chi connectivity index (χ0n) is 13.6. The number of benzene rings is 1. The van der Waals surface area contributed by atoms with E-state index < -0.39 is 12.0 Å². The van der Waals surface area contributed by atoms with Crippen molar-refractivity contribution in [3.8, 4) is 0 Å². The van der Waals surface area contributed by atoms with E-state index in [0.717, 1.165) is 37.0 Å². The molecule has 126 valence electrons. The van der Waals surface area contributed by atoms with Gasteiger partial charge in [-0.2, -0.15) is 0 Å². The quantitative estimate of drug-likeness (QED) is 0.810. The van der Waals surface area contributed by atoms with Gasteiger partial charge in [0.15, 0.2) is 0 Å². The summed E-state index contributed by atoms with van der Waals surface area (Å²) in [5.41, 5.74) is 1.84. The molecule has 1 aromatic carbocycles. The highest BCUT2D eigenvalue weighted by Gasteiger charge is 2.21. The normalized spacial score (nSPS) is 19.1. The van der Waals surface area contributed by atoms with Crippen molar-refractivity contribution in [1.29, 1.82) is 0 Å². The third-order valence-corrected chi connectivity index (χ3v) is 4.25. The molecule has 1 aliphatic rings. The number of ether oxygens (including phenoxy) is 1. The molecule has 1 fully saturated rings. The Balaban J connectivity index is 1.93. The molecule has 2 N–H and O–H groups in total. The standard InChI is InChI=1S/C18H25NO4/c1-13-6-2-3-8-15(13)16(12-18(21)22)19-17(20)10-9-14-7-4-5-11-23-14/h2-3,6,8,14,16H,4-5,7,9-12H2,1H3,(H,19,20)(H,21,22)/t14-,16-/m1/s1. The van der Waals surface area contributed by atoms with Crippen molar-refractivity contribution in [3.63, 3.8) is 0 Å². The van der Waals surface area contributed by atoms with Gasteiger partial charge >= 0.3 is 5.97 Å². The Hall–Kier alpha value is -1.88. The van der Waals surface area contributed by atoms with Gasteiger partial charge in [-0.05, 0) is 43.7 Å². The summed E-state index contributed by atoms with van der Waals surface area (Å²) >= 11 is 0. The first-order valence-electron chi connectivity index (χ1n) is 8.24. The van der Waals surface area contributed by atoms with E-state index >= 15 is 0 Å². The molecule has 0 radical (unpaired) electrons. The summed E-state index contributed by atoms with van der Waals surface area (Å²) in [6.45, 7) is 2.70. The Morgan fingerprint density at radius 2 is 2.13 bits per heavy atom. The smallest absolute Gasteiger partial charge is 0.305 e. The lowest BCUT2D eigenvalue weighted by molar-refractivity contribution is -0.137. The van der Waals surface area contributed by atoms with Crippen LogP contribution in [0.25, 0.3) is 0 Å². The summed E-state index contributed by atoms with van der Waals surface area (Å²) in [4.78, 5) is 23.3. The second-order valence-electron chi connectivity index (χ2n) is 6.10. The summed E-state index contributed by atoms with van der Waals surface area (Å²) in [5, 5.41) is 12.0. The fourth-order valence-electron chi connectivity index (χ4n) is 2.98. The Morgan fingerprint density at radius 1 is 1.35 bits per heavy atom. The molecule has 1 heterocycles. The molecular weight excluding hydrogens is 294 g/mol. The van der Waals surface area contributed by atoms with Crippen molar-refractivity contribution in [2.75, 3.05) is 6.61 Å². The first kappa shape index (κ1) is 17.5. The van der Waals surface area contributed by atoms with Crippen LogP contribution in [0.2, 0.25) is 0 Å². The fourth-order valence-corrected chi connectivity index (χ4v) is 2.98. The highest BCUT2D eigenvalue weighted by Crippen LogP contribution is 2.22. The molecule has 5 nitrogen and oxygen atoms in total. The van der Waals surface area contributed by atoms with Crippen molar-refractivity contribution >= 4 is 11.9 Å². The molecule has 0 aliphatic carbocycles. The summed E-state index contributed by atoms with van der Waals surface area (Å²) in [7, 11) is 0. The number of carbonyl (C=O) groups excluding carboxylic acids is 1. The van der Waals surface area contributed by atoms with E-state index in [2.05, 4.69) is 5.32 Å². The minimum absolute atomic E-state index is 0.115. The van der Waals surface area contributed by atoms with Crippen molar-refractivity contribution < 1.29 is 19.4 Å². The molecule has 2 atom stereocenters. The van der Waals surface area contributed by atoms with Crippen LogP contribution in [-0.4, -0.2) is 29.7 Å². The zero-order valence-corrected chi connectivity index (χ0v) is 13.6. The van der Waals surface area contributed by atoms with Crippen molar-refractivity contribution in [3.05, 3.63) is 35.4 Å².